The van der Waals surface area contributed by atoms with Crippen LogP contribution in [0.3, 0.4) is 0 Å². The average Bonchev–Trinajstić information content (AvgIpc) is 2.47. The third-order valence-electron chi connectivity index (χ3n) is 3.51. The van der Waals surface area contributed by atoms with Gasteiger partial charge in [0.1, 0.15) is 4.90 Å². The van der Waals surface area contributed by atoms with E-state index in [1.54, 1.807) is 31.3 Å². The molecule has 0 aliphatic carbocycles. The van der Waals surface area contributed by atoms with Gasteiger partial charge < -0.3 is 10.4 Å². The molecule has 2 rings (SSSR count). The average molecular weight is 284 g/mol. The molecular formula is C13H20N2O3S. The minimum Gasteiger partial charge on any atom is -0.396 e. The Balaban J connectivity index is 2.31. The monoisotopic (exact) mass is 284 g/mol. The first-order chi connectivity index (χ1) is 9.09. The van der Waals surface area contributed by atoms with Crippen molar-refractivity contribution in [3.63, 3.8) is 0 Å². The molecule has 2 N–H and O–H groups in total. The van der Waals surface area contributed by atoms with E-state index >= 15 is 0 Å². The Labute approximate surface area is 114 Å². The number of benzene rings is 1. The van der Waals surface area contributed by atoms with Crippen molar-refractivity contribution >= 4 is 15.7 Å². The van der Waals surface area contributed by atoms with Crippen LogP contribution in [0.2, 0.25) is 0 Å². The van der Waals surface area contributed by atoms with Crippen LogP contribution in [0.4, 0.5) is 5.69 Å². The molecule has 6 heteroatoms. The molecule has 0 bridgehead atoms. The number of nitrogens with zero attached hydrogens (tertiary/aromatic N) is 1. The van der Waals surface area contributed by atoms with E-state index in [4.69, 9.17) is 0 Å². The van der Waals surface area contributed by atoms with Gasteiger partial charge in [-0.05, 0) is 30.9 Å². The summed E-state index contributed by atoms with van der Waals surface area (Å²) in [4.78, 5) is 0.302. The van der Waals surface area contributed by atoms with Crippen LogP contribution in [0.15, 0.2) is 29.2 Å². The third kappa shape index (κ3) is 2.91. The lowest BCUT2D eigenvalue weighted by Gasteiger charge is -2.31. The molecule has 1 aliphatic rings. The fourth-order valence-corrected chi connectivity index (χ4v) is 4.18. The summed E-state index contributed by atoms with van der Waals surface area (Å²) in [5, 5.41) is 12.1. The smallest absolute Gasteiger partial charge is 0.245 e. The lowest BCUT2D eigenvalue weighted by Crippen LogP contribution is -2.41. The molecule has 1 aliphatic heterocycles. The van der Waals surface area contributed by atoms with Gasteiger partial charge in [0, 0.05) is 26.7 Å². The lowest BCUT2D eigenvalue weighted by molar-refractivity contribution is 0.165. The molecule has 0 aromatic heterocycles. The van der Waals surface area contributed by atoms with Crippen LogP contribution in [0.5, 0.6) is 0 Å². The number of para-hydroxylation sites is 1. The van der Waals surface area contributed by atoms with E-state index in [0.29, 0.717) is 23.7 Å². The summed E-state index contributed by atoms with van der Waals surface area (Å²) in [5.41, 5.74) is 0.605. The zero-order valence-electron chi connectivity index (χ0n) is 11.0. The number of rotatable bonds is 4. The molecule has 5 nitrogen and oxygen atoms in total. The predicted octanol–water partition coefficient (Wildman–Crippen LogP) is 1.12. The maximum Gasteiger partial charge on any atom is 0.245 e. The highest BCUT2D eigenvalue weighted by atomic mass is 32.2. The molecule has 106 valence electrons. The van der Waals surface area contributed by atoms with Gasteiger partial charge in [0.2, 0.25) is 10.0 Å². The highest BCUT2D eigenvalue weighted by Gasteiger charge is 2.31. The zero-order chi connectivity index (χ0) is 13.9. The molecule has 0 spiro atoms. The van der Waals surface area contributed by atoms with Crippen molar-refractivity contribution in [3.8, 4) is 0 Å². The first-order valence-corrected chi connectivity index (χ1v) is 7.91. The second-order valence-corrected chi connectivity index (χ2v) is 6.71. The Morgan fingerprint density at radius 3 is 2.84 bits per heavy atom. The molecule has 1 aromatic rings. The highest BCUT2D eigenvalue weighted by Crippen LogP contribution is 2.27. The number of piperidine rings is 1. The molecular weight excluding hydrogens is 264 g/mol. The molecule has 0 amide bonds. The van der Waals surface area contributed by atoms with Crippen LogP contribution in [0, 0.1) is 5.92 Å². The summed E-state index contributed by atoms with van der Waals surface area (Å²) < 4.78 is 26.7. The Hall–Kier alpha value is -1.11. The summed E-state index contributed by atoms with van der Waals surface area (Å²) in [6.45, 7) is 0.966. The van der Waals surface area contributed by atoms with Crippen LogP contribution in [0.25, 0.3) is 0 Å². The van der Waals surface area contributed by atoms with Crippen LogP contribution >= 0.6 is 0 Å². The summed E-state index contributed by atoms with van der Waals surface area (Å²) in [5.74, 6) is 0.0465. The van der Waals surface area contributed by atoms with E-state index in [9.17, 15) is 13.5 Å². The number of hydrogen-bond donors (Lipinski definition) is 2. The van der Waals surface area contributed by atoms with E-state index in [1.807, 2.05) is 0 Å². The molecule has 0 saturated carbocycles. The molecule has 19 heavy (non-hydrogen) atoms. The molecule has 1 fully saturated rings. The maximum atomic E-state index is 12.6. The third-order valence-corrected chi connectivity index (χ3v) is 5.44. The topological polar surface area (TPSA) is 69.6 Å². The van der Waals surface area contributed by atoms with Crippen LogP contribution in [-0.4, -0.2) is 44.6 Å². The van der Waals surface area contributed by atoms with Gasteiger partial charge in [0.05, 0.1) is 5.69 Å². The second-order valence-electron chi connectivity index (χ2n) is 4.80. The molecule has 1 atom stereocenters. The van der Waals surface area contributed by atoms with Gasteiger partial charge in [-0.15, -0.1) is 0 Å². The van der Waals surface area contributed by atoms with Gasteiger partial charge in [-0.1, -0.05) is 12.1 Å². The Morgan fingerprint density at radius 2 is 2.16 bits per heavy atom. The number of sulfonamides is 1. The van der Waals surface area contributed by atoms with Crippen LogP contribution in [-0.2, 0) is 10.0 Å². The van der Waals surface area contributed by atoms with E-state index in [1.165, 1.54) is 4.31 Å². The van der Waals surface area contributed by atoms with E-state index in [2.05, 4.69) is 5.32 Å². The quantitative estimate of drug-likeness (QED) is 0.869. The van der Waals surface area contributed by atoms with E-state index in [0.717, 1.165) is 12.8 Å². The van der Waals surface area contributed by atoms with Crippen molar-refractivity contribution in [2.75, 3.05) is 32.1 Å². The van der Waals surface area contributed by atoms with Gasteiger partial charge in [-0.25, -0.2) is 8.42 Å². The zero-order valence-corrected chi connectivity index (χ0v) is 11.9. The van der Waals surface area contributed by atoms with Gasteiger partial charge in [-0.2, -0.15) is 4.31 Å². The van der Waals surface area contributed by atoms with E-state index < -0.39 is 10.0 Å². The fraction of sp³-hybridized carbons (Fsp3) is 0.538. The number of aliphatic hydroxyl groups is 1. The Morgan fingerprint density at radius 1 is 1.42 bits per heavy atom. The second kappa shape index (κ2) is 5.90. The molecule has 1 saturated heterocycles. The molecule has 1 aromatic carbocycles. The largest absolute Gasteiger partial charge is 0.396 e. The summed E-state index contributed by atoms with van der Waals surface area (Å²) in [6.07, 6.45) is 1.68. The van der Waals surface area contributed by atoms with Crippen molar-refractivity contribution in [2.45, 2.75) is 17.7 Å². The van der Waals surface area contributed by atoms with Crippen molar-refractivity contribution in [1.29, 1.82) is 0 Å². The molecule has 1 unspecified atom stereocenters. The summed E-state index contributed by atoms with van der Waals surface area (Å²) >= 11 is 0. The van der Waals surface area contributed by atoms with Gasteiger partial charge in [0.25, 0.3) is 0 Å². The van der Waals surface area contributed by atoms with Crippen LogP contribution in [0.1, 0.15) is 12.8 Å². The first-order valence-electron chi connectivity index (χ1n) is 6.47. The standard InChI is InChI=1S/C13H20N2O3S/c1-14-12-6-2-3-7-13(12)19(17,18)15-8-4-5-11(9-15)10-16/h2-3,6-7,11,14,16H,4-5,8-10H2,1H3. The number of hydrogen-bond acceptors (Lipinski definition) is 4. The van der Waals surface area contributed by atoms with Gasteiger partial charge in [-0.3, -0.25) is 0 Å². The predicted molar refractivity (Wildman–Crippen MR) is 74.6 cm³/mol. The summed E-state index contributed by atoms with van der Waals surface area (Å²) in [6, 6.07) is 6.89. The first kappa shape index (κ1) is 14.3. The van der Waals surface area contributed by atoms with E-state index in [-0.39, 0.29) is 12.5 Å². The van der Waals surface area contributed by atoms with Gasteiger partial charge in [0.15, 0.2) is 0 Å². The number of aliphatic hydroxyl groups excluding tert-OH is 1. The normalized spacial score (nSPS) is 21.3. The molecule has 1 heterocycles. The number of anilines is 1. The van der Waals surface area contributed by atoms with Crippen molar-refractivity contribution in [3.05, 3.63) is 24.3 Å². The molecule has 0 radical (unpaired) electrons. The maximum absolute atomic E-state index is 12.6. The van der Waals surface area contributed by atoms with Crippen molar-refractivity contribution < 1.29 is 13.5 Å². The minimum atomic E-state index is -3.49. The van der Waals surface area contributed by atoms with Crippen molar-refractivity contribution in [2.24, 2.45) is 5.92 Å². The SMILES string of the molecule is CNc1ccccc1S(=O)(=O)N1CCCC(CO)C1. The Bertz CT molecular complexity index is 530. The highest BCUT2D eigenvalue weighted by molar-refractivity contribution is 7.89. The summed E-state index contributed by atoms with van der Waals surface area (Å²) in [7, 11) is -1.78. The Kier molecular flexibility index (Phi) is 4.44. The van der Waals surface area contributed by atoms with Crippen LogP contribution < -0.4 is 5.32 Å². The van der Waals surface area contributed by atoms with Gasteiger partial charge >= 0.3 is 0 Å². The van der Waals surface area contributed by atoms with Crippen molar-refractivity contribution in [1.82, 2.24) is 4.31 Å². The number of nitrogens with one attached hydrogen (secondary N) is 1. The fourth-order valence-electron chi connectivity index (χ4n) is 2.43. The minimum absolute atomic E-state index is 0.0414. The lowest BCUT2D eigenvalue weighted by atomic mass is 10.0.